The molecule has 2 aromatic carbocycles. The minimum Gasteiger partial charge on any atom is -0.324 e. The predicted molar refractivity (Wildman–Crippen MR) is 108 cm³/mol. The van der Waals surface area contributed by atoms with Gasteiger partial charge >= 0.3 is 0 Å². The minimum atomic E-state index is -0.239. The molecule has 0 aliphatic rings. The quantitative estimate of drug-likeness (QED) is 0.753. The first-order valence-electron chi connectivity index (χ1n) is 9.02. The van der Waals surface area contributed by atoms with Gasteiger partial charge < -0.3 is 5.32 Å². The SMILES string of the molecule is CCc1cccc(C)c1NC(=O)Cn1c(C)nc(-c2ccccc2)cc1=O. The molecule has 3 aromatic rings. The van der Waals surface area contributed by atoms with Crippen LogP contribution in [0.15, 0.2) is 59.4 Å². The molecule has 0 aliphatic heterocycles. The molecule has 0 unspecified atom stereocenters. The second kappa shape index (κ2) is 7.99. The summed E-state index contributed by atoms with van der Waals surface area (Å²) in [5.41, 5.74) is 4.15. The van der Waals surface area contributed by atoms with Gasteiger partial charge in [-0.05, 0) is 31.4 Å². The van der Waals surface area contributed by atoms with E-state index in [0.29, 0.717) is 11.5 Å². The van der Waals surface area contributed by atoms with E-state index >= 15 is 0 Å². The zero-order chi connectivity index (χ0) is 19.4. The van der Waals surface area contributed by atoms with Gasteiger partial charge in [0.15, 0.2) is 0 Å². The maximum atomic E-state index is 12.6. The summed E-state index contributed by atoms with van der Waals surface area (Å²) in [6, 6.07) is 16.9. The fourth-order valence-electron chi connectivity index (χ4n) is 3.09. The fraction of sp³-hybridized carbons (Fsp3) is 0.227. The van der Waals surface area contributed by atoms with Crippen LogP contribution in [0.25, 0.3) is 11.3 Å². The average Bonchev–Trinajstić information content (AvgIpc) is 2.67. The van der Waals surface area contributed by atoms with Crippen molar-refractivity contribution < 1.29 is 4.79 Å². The van der Waals surface area contributed by atoms with Gasteiger partial charge in [0, 0.05) is 17.3 Å². The summed E-state index contributed by atoms with van der Waals surface area (Å²) >= 11 is 0. The van der Waals surface area contributed by atoms with Crippen molar-refractivity contribution in [3.8, 4) is 11.3 Å². The van der Waals surface area contributed by atoms with Crippen LogP contribution >= 0.6 is 0 Å². The van der Waals surface area contributed by atoms with Gasteiger partial charge in [0.05, 0.1) is 5.69 Å². The summed E-state index contributed by atoms with van der Waals surface area (Å²) in [6.45, 7) is 5.68. The summed E-state index contributed by atoms with van der Waals surface area (Å²) in [5.74, 6) is 0.274. The lowest BCUT2D eigenvalue weighted by atomic mass is 10.1. The van der Waals surface area contributed by atoms with Crippen molar-refractivity contribution in [1.29, 1.82) is 0 Å². The monoisotopic (exact) mass is 361 g/mol. The molecule has 0 fully saturated rings. The third-order valence-electron chi connectivity index (χ3n) is 4.57. The Labute approximate surface area is 158 Å². The minimum absolute atomic E-state index is 0.0653. The van der Waals surface area contributed by atoms with Crippen molar-refractivity contribution >= 4 is 11.6 Å². The van der Waals surface area contributed by atoms with Crippen LogP contribution in [0.2, 0.25) is 0 Å². The Bertz CT molecular complexity index is 1020. The summed E-state index contributed by atoms with van der Waals surface area (Å²) in [5, 5.41) is 2.95. The van der Waals surface area contributed by atoms with E-state index in [2.05, 4.69) is 10.3 Å². The normalized spacial score (nSPS) is 10.6. The number of para-hydroxylation sites is 1. The van der Waals surface area contributed by atoms with Gasteiger partial charge in [-0.2, -0.15) is 0 Å². The molecule has 3 rings (SSSR count). The number of carbonyl (C=O) groups excluding carboxylic acids is 1. The highest BCUT2D eigenvalue weighted by atomic mass is 16.2. The van der Waals surface area contributed by atoms with E-state index in [1.165, 1.54) is 10.6 Å². The van der Waals surface area contributed by atoms with Crippen LogP contribution in [0, 0.1) is 13.8 Å². The van der Waals surface area contributed by atoms with Crippen LogP contribution in [0.3, 0.4) is 0 Å². The van der Waals surface area contributed by atoms with Gasteiger partial charge in [-0.25, -0.2) is 4.98 Å². The molecular weight excluding hydrogens is 338 g/mol. The van der Waals surface area contributed by atoms with Gasteiger partial charge in [-0.1, -0.05) is 55.5 Å². The molecule has 1 amide bonds. The van der Waals surface area contributed by atoms with Crippen LogP contribution in [0.5, 0.6) is 0 Å². The van der Waals surface area contributed by atoms with E-state index < -0.39 is 0 Å². The van der Waals surface area contributed by atoms with E-state index in [4.69, 9.17) is 0 Å². The van der Waals surface area contributed by atoms with Gasteiger partial charge in [0.1, 0.15) is 12.4 Å². The van der Waals surface area contributed by atoms with Crippen molar-refractivity contribution in [2.45, 2.75) is 33.7 Å². The van der Waals surface area contributed by atoms with Gasteiger partial charge in [-0.15, -0.1) is 0 Å². The number of amides is 1. The van der Waals surface area contributed by atoms with Gasteiger partial charge in [-0.3, -0.25) is 14.2 Å². The Morgan fingerprint density at radius 2 is 1.81 bits per heavy atom. The van der Waals surface area contributed by atoms with E-state index in [1.807, 2.05) is 62.4 Å². The molecular formula is C22H23N3O2. The van der Waals surface area contributed by atoms with Crippen LogP contribution < -0.4 is 10.9 Å². The number of anilines is 1. The third-order valence-corrected chi connectivity index (χ3v) is 4.57. The number of hydrogen-bond acceptors (Lipinski definition) is 3. The number of aromatic nitrogens is 2. The second-order valence-corrected chi connectivity index (χ2v) is 6.49. The maximum Gasteiger partial charge on any atom is 0.254 e. The number of rotatable bonds is 5. The second-order valence-electron chi connectivity index (χ2n) is 6.49. The van der Waals surface area contributed by atoms with E-state index in [-0.39, 0.29) is 18.0 Å². The predicted octanol–water partition coefficient (Wildman–Crippen LogP) is 3.73. The Morgan fingerprint density at radius 3 is 2.48 bits per heavy atom. The Balaban J connectivity index is 1.84. The van der Waals surface area contributed by atoms with Crippen molar-refractivity contribution in [1.82, 2.24) is 9.55 Å². The average molecular weight is 361 g/mol. The van der Waals surface area contributed by atoms with Gasteiger partial charge in [0.2, 0.25) is 5.91 Å². The van der Waals surface area contributed by atoms with E-state index in [9.17, 15) is 9.59 Å². The Morgan fingerprint density at radius 1 is 1.07 bits per heavy atom. The largest absolute Gasteiger partial charge is 0.324 e. The molecule has 0 atom stereocenters. The fourth-order valence-corrected chi connectivity index (χ4v) is 3.09. The van der Waals surface area contributed by atoms with E-state index in [0.717, 1.165) is 28.8 Å². The lowest BCUT2D eigenvalue weighted by Gasteiger charge is -2.15. The van der Waals surface area contributed by atoms with Crippen molar-refractivity contribution in [3.05, 3.63) is 81.9 Å². The molecule has 0 aliphatic carbocycles. The highest BCUT2D eigenvalue weighted by Crippen LogP contribution is 2.21. The molecule has 5 nitrogen and oxygen atoms in total. The van der Waals surface area contributed by atoms with E-state index in [1.54, 1.807) is 6.92 Å². The first-order chi connectivity index (χ1) is 13.0. The number of hydrogen-bond donors (Lipinski definition) is 1. The zero-order valence-electron chi connectivity index (χ0n) is 15.8. The zero-order valence-corrected chi connectivity index (χ0v) is 15.8. The smallest absolute Gasteiger partial charge is 0.254 e. The molecule has 1 heterocycles. The van der Waals surface area contributed by atoms with Gasteiger partial charge in [0.25, 0.3) is 5.56 Å². The number of benzene rings is 2. The first-order valence-corrected chi connectivity index (χ1v) is 9.02. The number of nitrogens with zero attached hydrogens (tertiary/aromatic N) is 2. The van der Waals surface area contributed by atoms with Crippen LogP contribution in [0.1, 0.15) is 23.9 Å². The standard InChI is InChI=1S/C22H23N3O2/c1-4-17-12-8-9-15(2)22(17)24-20(26)14-25-16(3)23-19(13-21(25)27)18-10-6-5-7-11-18/h5-13H,4,14H2,1-3H3,(H,24,26). The highest BCUT2D eigenvalue weighted by Gasteiger charge is 2.13. The van der Waals surface area contributed by atoms with Crippen LogP contribution in [-0.2, 0) is 17.8 Å². The Kier molecular flexibility index (Phi) is 5.50. The molecule has 0 saturated carbocycles. The molecule has 0 saturated heterocycles. The number of aryl methyl sites for hydroxylation is 3. The molecule has 5 heteroatoms. The molecule has 0 spiro atoms. The molecule has 138 valence electrons. The van der Waals surface area contributed by atoms with Crippen LogP contribution in [0.4, 0.5) is 5.69 Å². The lowest BCUT2D eigenvalue weighted by Crippen LogP contribution is -2.30. The molecule has 0 radical (unpaired) electrons. The van der Waals surface area contributed by atoms with Crippen molar-refractivity contribution in [2.24, 2.45) is 0 Å². The first kappa shape index (κ1) is 18.6. The van der Waals surface area contributed by atoms with Crippen molar-refractivity contribution in [2.75, 3.05) is 5.32 Å². The molecule has 1 aromatic heterocycles. The molecule has 0 bridgehead atoms. The topological polar surface area (TPSA) is 64.0 Å². The van der Waals surface area contributed by atoms with Crippen LogP contribution in [-0.4, -0.2) is 15.5 Å². The maximum absolute atomic E-state index is 12.6. The summed E-state index contributed by atoms with van der Waals surface area (Å²) in [7, 11) is 0. The lowest BCUT2D eigenvalue weighted by molar-refractivity contribution is -0.116. The summed E-state index contributed by atoms with van der Waals surface area (Å²) in [6.07, 6.45) is 0.823. The molecule has 27 heavy (non-hydrogen) atoms. The third kappa shape index (κ3) is 4.14. The number of carbonyl (C=O) groups is 1. The van der Waals surface area contributed by atoms with Crippen molar-refractivity contribution in [3.63, 3.8) is 0 Å². The summed E-state index contributed by atoms with van der Waals surface area (Å²) in [4.78, 5) is 29.6. The number of nitrogens with one attached hydrogen (secondary N) is 1. The summed E-state index contributed by atoms with van der Waals surface area (Å²) < 4.78 is 1.39. The highest BCUT2D eigenvalue weighted by molar-refractivity contribution is 5.92. The Hall–Kier alpha value is -3.21. The molecule has 1 N–H and O–H groups in total.